The second-order valence-electron chi connectivity index (χ2n) is 4.83. The summed E-state index contributed by atoms with van der Waals surface area (Å²) in [7, 11) is 0. The van der Waals surface area contributed by atoms with Gasteiger partial charge in [0.25, 0.3) is 0 Å². The second-order valence-corrected chi connectivity index (χ2v) is 4.83. The van der Waals surface area contributed by atoms with Gasteiger partial charge in [-0.2, -0.15) is 0 Å². The van der Waals surface area contributed by atoms with E-state index in [9.17, 15) is 0 Å². The Labute approximate surface area is 101 Å². The fourth-order valence-corrected chi connectivity index (χ4v) is 2.59. The Morgan fingerprint density at radius 1 is 1.35 bits per heavy atom. The number of hydrogen-bond acceptors (Lipinski definition) is 4. The zero-order valence-corrected chi connectivity index (χ0v) is 9.91. The highest BCUT2D eigenvalue weighted by Crippen LogP contribution is 2.30. The number of fused-ring (bicyclic) bond motifs is 1. The number of aryl methyl sites for hydroxylation is 1. The lowest BCUT2D eigenvalue weighted by molar-refractivity contribution is 0.288. The minimum atomic E-state index is 0.371. The lowest BCUT2D eigenvalue weighted by atomic mass is 9.97. The summed E-state index contributed by atoms with van der Waals surface area (Å²) in [6.07, 6.45) is 3.30. The lowest BCUT2D eigenvalue weighted by Gasteiger charge is -2.19. The van der Waals surface area contributed by atoms with E-state index in [-0.39, 0.29) is 0 Å². The predicted octanol–water partition coefficient (Wildman–Crippen LogP) is 0.878. The highest BCUT2D eigenvalue weighted by Gasteiger charge is 2.24. The van der Waals surface area contributed by atoms with Gasteiger partial charge in [0.1, 0.15) is 5.75 Å². The molecule has 0 aliphatic carbocycles. The van der Waals surface area contributed by atoms with Crippen molar-refractivity contribution in [2.45, 2.75) is 31.3 Å². The van der Waals surface area contributed by atoms with Gasteiger partial charge in [-0.05, 0) is 36.5 Å². The summed E-state index contributed by atoms with van der Waals surface area (Å²) in [6, 6.07) is 7.28. The molecular weight excluding hydrogens is 214 g/mol. The molecule has 2 heterocycles. The molecule has 1 fully saturated rings. The molecule has 2 aliphatic rings. The molecule has 0 amide bonds. The molecule has 2 aliphatic heterocycles. The van der Waals surface area contributed by atoms with E-state index in [1.807, 2.05) is 0 Å². The van der Waals surface area contributed by atoms with Crippen LogP contribution in [0.25, 0.3) is 0 Å². The zero-order chi connectivity index (χ0) is 11.7. The van der Waals surface area contributed by atoms with E-state index in [1.165, 1.54) is 11.1 Å². The molecule has 92 valence electrons. The Morgan fingerprint density at radius 3 is 3.12 bits per heavy atom. The third kappa shape index (κ3) is 2.16. The molecule has 0 radical (unpaired) electrons. The van der Waals surface area contributed by atoms with Crippen LogP contribution in [-0.2, 0) is 6.42 Å². The number of nitrogens with one attached hydrogen (secondary N) is 2. The van der Waals surface area contributed by atoms with Crippen LogP contribution in [0.2, 0.25) is 0 Å². The van der Waals surface area contributed by atoms with Gasteiger partial charge in [0.05, 0.1) is 6.61 Å². The van der Waals surface area contributed by atoms with Crippen LogP contribution >= 0.6 is 0 Å². The molecular formula is C13H19N3O. The Balaban J connectivity index is 1.79. The highest BCUT2D eigenvalue weighted by molar-refractivity contribution is 5.39. The molecule has 2 atom stereocenters. The molecule has 0 aromatic heterocycles. The highest BCUT2D eigenvalue weighted by atomic mass is 16.5. The summed E-state index contributed by atoms with van der Waals surface area (Å²) >= 11 is 0. The maximum absolute atomic E-state index is 5.66. The van der Waals surface area contributed by atoms with Gasteiger partial charge < -0.3 is 10.5 Å². The third-order valence-electron chi connectivity index (χ3n) is 3.60. The normalized spacial score (nSPS) is 27.6. The summed E-state index contributed by atoms with van der Waals surface area (Å²) in [6.45, 7) is 1.53. The van der Waals surface area contributed by atoms with Gasteiger partial charge in [-0.15, -0.1) is 0 Å². The number of rotatable bonds is 2. The van der Waals surface area contributed by atoms with E-state index in [0.717, 1.165) is 31.6 Å². The van der Waals surface area contributed by atoms with Crippen molar-refractivity contribution in [2.24, 2.45) is 5.73 Å². The quantitative estimate of drug-likeness (QED) is 0.709. The molecule has 0 bridgehead atoms. The van der Waals surface area contributed by atoms with Crippen molar-refractivity contribution in [1.29, 1.82) is 0 Å². The maximum atomic E-state index is 5.66. The van der Waals surface area contributed by atoms with Crippen molar-refractivity contribution < 1.29 is 4.74 Å². The molecule has 0 spiro atoms. The SMILES string of the molecule is NCC1CC(c2ccc3c(c2)CCCO3)NN1. The van der Waals surface area contributed by atoms with E-state index in [0.29, 0.717) is 18.6 Å². The van der Waals surface area contributed by atoms with Gasteiger partial charge in [0.15, 0.2) is 0 Å². The summed E-state index contributed by atoms with van der Waals surface area (Å²) in [5, 5.41) is 0. The molecule has 3 rings (SSSR count). The minimum Gasteiger partial charge on any atom is -0.493 e. The fourth-order valence-electron chi connectivity index (χ4n) is 2.59. The largest absolute Gasteiger partial charge is 0.493 e. The van der Waals surface area contributed by atoms with E-state index in [4.69, 9.17) is 10.5 Å². The Kier molecular flexibility index (Phi) is 3.01. The van der Waals surface area contributed by atoms with Gasteiger partial charge in [-0.3, -0.25) is 5.43 Å². The van der Waals surface area contributed by atoms with Crippen LogP contribution in [0.5, 0.6) is 5.75 Å². The third-order valence-corrected chi connectivity index (χ3v) is 3.60. The number of nitrogens with two attached hydrogens (primary N) is 1. The topological polar surface area (TPSA) is 59.3 Å². The molecule has 1 saturated heterocycles. The Hall–Kier alpha value is -1.10. The van der Waals surface area contributed by atoms with E-state index in [2.05, 4.69) is 29.1 Å². The van der Waals surface area contributed by atoms with Gasteiger partial charge >= 0.3 is 0 Å². The molecule has 4 N–H and O–H groups in total. The Morgan fingerprint density at radius 2 is 2.29 bits per heavy atom. The summed E-state index contributed by atoms with van der Waals surface area (Å²) < 4.78 is 5.63. The van der Waals surface area contributed by atoms with Gasteiger partial charge in [0.2, 0.25) is 0 Å². The second kappa shape index (κ2) is 4.64. The monoisotopic (exact) mass is 233 g/mol. The molecule has 4 heteroatoms. The first-order valence-electron chi connectivity index (χ1n) is 6.33. The summed E-state index contributed by atoms with van der Waals surface area (Å²) in [5.41, 5.74) is 14.9. The van der Waals surface area contributed by atoms with E-state index >= 15 is 0 Å². The van der Waals surface area contributed by atoms with Crippen LogP contribution in [0, 0.1) is 0 Å². The van der Waals surface area contributed by atoms with E-state index < -0.39 is 0 Å². The van der Waals surface area contributed by atoms with Crippen molar-refractivity contribution in [3.05, 3.63) is 29.3 Å². The van der Waals surface area contributed by atoms with E-state index in [1.54, 1.807) is 0 Å². The molecule has 1 aromatic rings. The smallest absolute Gasteiger partial charge is 0.122 e. The van der Waals surface area contributed by atoms with Crippen molar-refractivity contribution >= 4 is 0 Å². The first kappa shape index (κ1) is 11.0. The van der Waals surface area contributed by atoms with Gasteiger partial charge in [-0.25, -0.2) is 5.43 Å². The summed E-state index contributed by atoms with van der Waals surface area (Å²) in [4.78, 5) is 0. The van der Waals surface area contributed by atoms with Crippen LogP contribution in [0.4, 0.5) is 0 Å². The van der Waals surface area contributed by atoms with Crippen LogP contribution in [0.1, 0.15) is 30.0 Å². The number of benzene rings is 1. The first-order chi connectivity index (χ1) is 8.36. The molecule has 4 nitrogen and oxygen atoms in total. The van der Waals surface area contributed by atoms with Crippen molar-refractivity contribution in [2.75, 3.05) is 13.2 Å². The average molecular weight is 233 g/mol. The summed E-state index contributed by atoms with van der Waals surface area (Å²) in [5.74, 6) is 1.06. The fraction of sp³-hybridized carbons (Fsp3) is 0.538. The number of hydrazine groups is 1. The molecule has 1 aromatic carbocycles. The van der Waals surface area contributed by atoms with Crippen LogP contribution in [-0.4, -0.2) is 19.2 Å². The number of ether oxygens (including phenoxy) is 1. The van der Waals surface area contributed by atoms with Crippen molar-refractivity contribution in [3.8, 4) is 5.75 Å². The molecule has 0 saturated carbocycles. The van der Waals surface area contributed by atoms with Crippen LogP contribution in [0.3, 0.4) is 0 Å². The average Bonchev–Trinajstić information content (AvgIpc) is 2.87. The first-order valence-corrected chi connectivity index (χ1v) is 6.33. The van der Waals surface area contributed by atoms with Crippen LogP contribution in [0.15, 0.2) is 18.2 Å². The lowest BCUT2D eigenvalue weighted by Crippen LogP contribution is -2.35. The maximum Gasteiger partial charge on any atom is 0.122 e. The predicted molar refractivity (Wildman–Crippen MR) is 66.7 cm³/mol. The van der Waals surface area contributed by atoms with Crippen molar-refractivity contribution in [1.82, 2.24) is 10.9 Å². The van der Waals surface area contributed by atoms with Gasteiger partial charge in [0, 0.05) is 18.6 Å². The van der Waals surface area contributed by atoms with Gasteiger partial charge in [-0.1, -0.05) is 12.1 Å². The zero-order valence-electron chi connectivity index (χ0n) is 9.91. The molecule has 17 heavy (non-hydrogen) atoms. The molecule has 2 unspecified atom stereocenters. The minimum absolute atomic E-state index is 0.371. The van der Waals surface area contributed by atoms with Crippen LogP contribution < -0.4 is 21.3 Å². The van der Waals surface area contributed by atoms with Crippen molar-refractivity contribution in [3.63, 3.8) is 0 Å². The Bertz CT molecular complexity index is 408. The standard InChI is InChI=1S/C13H19N3O/c14-8-11-7-12(16-15-11)9-3-4-13-10(6-9)2-1-5-17-13/h3-4,6,11-12,15-16H,1-2,5,7-8,14H2. The number of hydrogen-bond donors (Lipinski definition) is 3.